The number of carbonyl (C=O) groups is 1. The fourth-order valence-electron chi connectivity index (χ4n) is 1.02. The van der Waals surface area contributed by atoms with Gasteiger partial charge < -0.3 is 5.32 Å². The van der Waals surface area contributed by atoms with Crippen molar-refractivity contribution in [2.75, 3.05) is 0 Å². The molecule has 1 aromatic carbocycles. The minimum atomic E-state index is -0.244. The van der Waals surface area contributed by atoms with Crippen LogP contribution in [0.5, 0.6) is 0 Å². The van der Waals surface area contributed by atoms with Crippen LogP contribution in [0, 0.1) is 11.8 Å². The summed E-state index contributed by atoms with van der Waals surface area (Å²) in [7, 11) is 0. The minimum absolute atomic E-state index is 0.234. The minimum Gasteiger partial charge on any atom is -0.341 e. The van der Waals surface area contributed by atoms with Crippen molar-refractivity contribution in [3.8, 4) is 11.8 Å². The highest BCUT2D eigenvalue weighted by Crippen LogP contribution is 1.98. The molecule has 0 fully saturated rings. The summed E-state index contributed by atoms with van der Waals surface area (Å²) in [5, 5.41) is 2.78. The molecule has 2 heteroatoms. The van der Waals surface area contributed by atoms with Crippen LogP contribution in [0.15, 0.2) is 30.3 Å². The molecule has 0 aromatic heterocycles. The van der Waals surface area contributed by atoms with E-state index in [4.69, 9.17) is 0 Å². The van der Waals surface area contributed by atoms with Crippen molar-refractivity contribution in [1.82, 2.24) is 5.32 Å². The number of rotatable bonds is 0. The van der Waals surface area contributed by atoms with Gasteiger partial charge >= 0.3 is 0 Å². The molecule has 0 aliphatic carbocycles. The summed E-state index contributed by atoms with van der Waals surface area (Å²) < 4.78 is 0. The van der Waals surface area contributed by atoms with Crippen molar-refractivity contribution in [2.24, 2.45) is 0 Å². The Morgan fingerprint density at radius 2 is 1.80 bits per heavy atom. The zero-order chi connectivity index (χ0) is 11.3. The number of nitrogens with one attached hydrogen (secondary N) is 1. The van der Waals surface area contributed by atoms with Crippen molar-refractivity contribution in [2.45, 2.75) is 26.3 Å². The Kier molecular flexibility index (Phi) is 3.51. The Labute approximate surface area is 90.7 Å². The van der Waals surface area contributed by atoms with Crippen LogP contribution in [0.25, 0.3) is 0 Å². The Hall–Kier alpha value is -1.75. The van der Waals surface area contributed by atoms with Crippen LogP contribution < -0.4 is 5.32 Å². The Morgan fingerprint density at radius 1 is 1.20 bits per heavy atom. The Morgan fingerprint density at radius 3 is 2.33 bits per heavy atom. The zero-order valence-electron chi connectivity index (χ0n) is 9.29. The van der Waals surface area contributed by atoms with E-state index >= 15 is 0 Å². The predicted molar refractivity (Wildman–Crippen MR) is 61.2 cm³/mol. The lowest BCUT2D eigenvalue weighted by molar-refractivity contribution is -0.117. The molecule has 1 N–H and O–H groups in total. The summed E-state index contributed by atoms with van der Waals surface area (Å²) in [4.78, 5) is 11.3. The first kappa shape index (κ1) is 11.3. The van der Waals surface area contributed by atoms with Gasteiger partial charge in [0.05, 0.1) is 0 Å². The van der Waals surface area contributed by atoms with Gasteiger partial charge in [0, 0.05) is 17.0 Å². The third kappa shape index (κ3) is 4.87. The number of hydrogen-bond acceptors (Lipinski definition) is 1. The molecule has 15 heavy (non-hydrogen) atoms. The number of carbonyl (C=O) groups excluding carboxylic acids is 1. The molecule has 0 atom stereocenters. The number of benzene rings is 1. The van der Waals surface area contributed by atoms with E-state index in [1.165, 1.54) is 0 Å². The summed E-state index contributed by atoms with van der Waals surface area (Å²) in [6.07, 6.45) is 0. The highest BCUT2D eigenvalue weighted by Gasteiger charge is 2.11. The first-order valence-corrected chi connectivity index (χ1v) is 4.86. The van der Waals surface area contributed by atoms with Gasteiger partial charge in [-0.1, -0.05) is 24.1 Å². The van der Waals surface area contributed by atoms with Gasteiger partial charge in [-0.05, 0) is 32.9 Å². The maximum atomic E-state index is 11.3. The molecular weight excluding hydrogens is 186 g/mol. The summed E-state index contributed by atoms with van der Waals surface area (Å²) in [6, 6.07) is 9.45. The largest absolute Gasteiger partial charge is 0.341 e. The van der Waals surface area contributed by atoms with Gasteiger partial charge in [-0.15, -0.1) is 0 Å². The summed E-state index contributed by atoms with van der Waals surface area (Å²) in [6.45, 7) is 5.78. The molecule has 0 unspecified atom stereocenters. The smallest absolute Gasteiger partial charge is 0.296 e. The highest BCUT2D eigenvalue weighted by atomic mass is 16.1. The molecule has 0 heterocycles. The zero-order valence-corrected chi connectivity index (χ0v) is 9.29. The molecular formula is C13H15NO. The molecule has 0 aliphatic heterocycles. The maximum absolute atomic E-state index is 11.3. The van der Waals surface area contributed by atoms with Crippen molar-refractivity contribution in [3.05, 3.63) is 35.9 Å². The van der Waals surface area contributed by atoms with Crippen LogP contribution in [0.4, 0.5) is 0 Å². The van der Waals surface area contributed by atoms with E-state index in [1.54, 1.807) is 0 Å². The first-order valence-electron chi connectivity index (χ1n) is 4.86. The average molecular weight is 201 g/mol. The second-order valence-electron chi connectivity index (χ2n) is 4.32. The van der Waals surface area contributed by atoms with Crippen molar-refractivity contribution in [1.29, 1.82) is 0 Å². The van der Waals surface area contributed by atoms with E-state index in [0.29, 0.717) is 0 Å². The van der Waals surface area contributed by atoms with E-state index in [1.807, 2.05) is 51.1 Å². The summed E-state index contributed by atoms with van der Waals surface area (Å²) in [5.41, 5.74) is 0.615. The van der Waals surface area contributed by atoms with Crippen LogP contribution in [0.2, 0.25) is 0 Å². The second-order valence-corrected chi connectivity index (χ2v) is 4.32. The van der Waals surface area contributed by atoms with Gasteiger partial charge in [-0.2, -0.15) is 0 Å². The Balaban J connectivity index is 2.64. The standard InChI is InChI=1S/C13H15NO/c1-13(2,3)14-12(15)10-9-11-7-5-4-6-8-11/h4-8H,1-3H3,(H,14,15). The number of hydrogen-bond donors (Lipinski definition) is 1. The van der Waals surface area contributed by atoms with E-state index in [9.17, 15) is 4.79 Å². The average Bonchev–Trinajstić information content (AvgIpc) is 2.14. The predicted octanol–water partition coefficient (Wildman–Crippen LogP) is 1.95. The molecule has 0 saturated carbocycles. The second kappa shape index (κ2) is 4.65. The normalized spacial score (nSPS) is 10.1. The topological polar surface area (TPSA) is 29.1 Å². The van der Waals surface area contributed by atoms with Crippen LogP contribution in [-0.2, 0) is 4.79 Å². The van der Waals surface area contributed by atoms with Crippen molar-refractivity contribution >= 4 is 5.91 Å². The molecule has 0 aliphatic rings. The van der Waals surface area contributed by atoms with E-state index < -0.39 is 0 Å². The molecule has 1 amide bonds. The van der Waals surface area contributed by atoms with Gasteiger partial charge in [0.1, 0.15) is 0 Å². The summed E-state index contributed by atoms with van der Waals surface area (Å²) >= 11 is 0. The van der Waals surface area contributed by atoms with Gasteiger partial charge in [-0.3, -0.25) is 4.79 Å². The van der Waals surface area contributed by atoms with E-state index in [0.717, 1.165) is 5.56 Å². The fraction of sp³-hybridized carbons (Fsp3) is 0.308. The monoisotopic (exact) mass is 201 g/mol. The molecule has 78 valence electrons. The summed E-state index contributed by atoms with van der Waals surface area (Å²) in [5.74, 6) is 5.12. The van der Waals surface area contributed by atoms with Gasteiger partial charge in [-0.25, -0.2) is 0 Å². The van der Waals surface area contributed by atoms with Crippen LogP contribution >= 0.6 is 0 Å². The lowest BCUT2D eigenvalue weighted by Gasteiger charge is -2.17. The lowest BCUT2D eigenvalue weighted by atomic mass is 10.1. The third-order valence-corrected chi connectivity index (χ3v) is 1.58. The molecule has 2 nitrogen and oxygen atoms in total. The molecule has 0 radical (unpaired) electrons. The van der Waals surface area contributed by atoms with Gasteiger partial charge in [0.25, 0.3) is 5.91 Å². The van der Waals surface area contributed by atoms with Crippen molar-refractivity contribution < 1.29 is 4.79 Å². The van der Waals surface area contributed by atoms with Crippen LogP contribution in [-0.4, -0.2) is 11.4 Å². The number of amides is 1. The van der Waals surface area contributed by atoms with E-state index in [-0.39, 0.29) is 11.4 Å². The SMILES string of the molecule is CC(C)(C)NC(=O)C#Cc1ccccc1. The molecule has 0 spiro atoms. The van der Waals surface area contributed by atoms with Gasteiger partial charge in [0.15, 0.2) is 0 Å². The molecule has 0 saturated heterocycles. The van der Waals surface area contributed by atoms with Crippen LogP contribution in [0.3, 0.4) is 0 Å². The van der Waals surface area contributed by atoms with Crippen molar-refractivity contribution in [3.63, 3.8) is 0 Å². The molecule has 1 aromatic rings. The molecule has 1 rings (SSSR count). The lowest BCUT2D eigenvalue weighted by Crippen LogP contribution is -2.39. The maximum Gasteiger partial charge on any atom is 0.296 e. The first-order chi connectivity index (χ1) is 6.97. The Bertz CT molecular complexity index is 390. The molecule has 0 bridgehead atoms. The van der Waals surface area contributed by atoms with Crippen LogP contribution in [0.1, 0.15) is 26.3 Å². The quantitative estimate of drug-likeness (QED) is 0.639. The highest BCUT2D eigenvalue weighted by molar-refractivity contribution is 5.94. The fourth-order valence-corrected chi connectivity index (χ4v) is 1.02. The van der Waals surface area contributed by atoms with E-state index in [2.05, 4.69) is 17.2 Å². The van der Waals surface area contributed by atoms with Gasteiger partial charge in [0.2, 0.25) is 0 Å². The third-order valence-electron chi connectivity index (χ3n) is 1.58.